The summed E-state index contributed by atoms with van der Waals surface area (Å²) in [5.41, 5.74) is 2.55. The highest BCUT2D eigenvalue weighted by molar-refractivity contribution is 5.92. The maximum Gasteiger partial charge on any atom is 0.305 e. The van der Waals surface area contributed by atoms with Crippen LogP contribution in [0.25, 0.3) is 0 Å². The summed E-state index contributed by atoms with van der Waals surface area (Å²) in [7, 11) is 0. The summed E-state index contributed by atoms with van der Waals surface area (Å²) in [6, 6.07) is 13.5. The number of aromatic nitrogens is 1. The molecule has 1 heterocycles. The molecule has 0 saturated heterocycles. The normalized spacial score (nSPS) is 10.2. The van der Waals surface area contributed by atoms with Gasteiger partial charge in [-0.05, 0) is 17.7 Å². The number of nitrogens with one attached hydrogen (secondary N) is 2. The minimum atomic E-state index is -0.929. The van der Waals surface area contributed by atoms with Crippen LogP contribution in [0, 0.1) is 0 Å². The van der Waals surface area contributed by atoms with Crippen molar-refractivity contribution in [1.29, 1.82) is 0 Å². The predicted octanol–water partition coefficient (Wildman–Crippen LogP) is 1.81. The van der Waals surface area contributed by atoms with Gasteiger partial charge in [0.1, 0.15) is 5.69 Å². The molecule has 0 aliphatic rings. The van der Waals surface area contributed by atoms with Gasteiger partial charge in [0, 0.05) is 18.7 Å². The molecule has 0 radical (unpaired) electrons. The van der Waals surface area contributed by atoms with E-state index < -0.39 is 5.97 Å². The molecule has 0 atom stereocenters. The van der Waals surface area contributed by atoms with E-state index in [2.05, 4.69) is 10.3 Å². The van der Waals surface area contributed by atoms with E-state index in [0.29, 0.717) is 5.69 Å². The molecule has 20 heavy (non-hydrogen) atoms. The molecular formula is C15H16N2O3. The fourth-order valence-corrected chi connectivity index (χ4v) is 1.87. The molecule has 0 aliphatic heterocycles. The van der Waals surface area contributed by atoms with E-state index in [9.17, 15) is 9.59 Å². The third-order valence-corrected chi connectivity index (χ3v) is 2.85. The van der Waals surface area contributed by atoms with Gasteiger partial charge in [0.05, 0.1) is 6.42 Å². The lowest BCUT2D eigenvalue weighted by Gasteiger charge is -2.01. The molecule has 0 spiro atoms. The van der Waals surface area contributed by atoms with Crippen LogP contribution in [0.1, 0.15) is 28.2 Å². The van der Waals surface area contributed by atoms with Gasteiger partial charge in [0.15, 0.2) is 0 Å². The first-order valence-corrected chi connectivity index (χ1v) is 6.37. The van der Waals surface area contributed by atoms with Gasteiger partial charge in [0.2, 0.25) is 0 Å². The molecule has 0 saturated carbocycles. The molecule has 1 amide bonds. The maximum atomic E-state index is 11.8. The molecule has 1 aromatic carbocycles. The average Bonchev–Trinajstić information content (AvgIpc) is 2.88. The fourth-order valence-electron chi connectivity index (χ4n) is 1.87. The SMILES string of the molecule is O=C(O)CCNC(=O)c1ccc(Cc2ccccc2)[nH]1. The van der Waals surface area contributed by atoms with E-state index in [1.54, 1.807) is 6.07 Å². The van der Waals surface area contributed by atoms with Gasteiger partial charge in [-0.25, -0.2) is 0 Å². The number of carboxylic acids is 1. The number of amides is 1. The smallest absolute Gasteiger partial charge is 0.305 e. The van der Waals surface area contributed by atoms with Gasteiger partial charge in [0.25, 0.3) is 5.91 Å². The summed E-state index contributed by atoms with van der Waals surface area (Å²) in [4.78, 5) is 25.2. The zero-order chi connectivity index (χ0) is 14.4. The van der Waals surface area contributed by atoms with Gasteiger partial charge in [-0.2, -0.15) is 0 Å². The second-order valence-corrected chi connectivity index (χ2v) is 4.46. The quantitative estimate of drug-likeness (QED) is 0.750. The van der Waals surface area contributed by atoms with Crippen LogP contribution in [0.3, 0.4) is 0 Å². The lowest BCUT2D eigenvalue weighted by molar-refractivity contribution is -0.136. The Bertz CT molecular complexity index is 590. The van der Waals surface area contributed by atoms with Crippen LogP contribution in [0.15, 0.2) is 42.5 Å². The molecule has 104 valence electrons. The molecule has 0 fully saturated rings. The number of carboxylic acid groups (broad SMARTS) is 1. The summed E-state index contributed by atoms with van der Waals surface area (Å²) < 4.78 is 0. The van der Waals surface area contributed by atoms with Gasteiger partial charge in [-0.1, -0.05) is 30.3 Å². The van der Waals surface area contributed by atoms with Crippen LogP contribution < -0.4 is 5.32 Å². The Morgan fingerprint density at radius 2 is 1.85 bits per heavy atom. The predicted molar refractivity (Wildman–Crippen MR) is 74.6 cm³/mol. The highest BCUT2D eigenvalue weighted by Gasteiger charge is 2.08. The summed E-state index contributed by atoms with van der Waals surface area (Å²) >= 11 is 0. The Hall–Kier alpha value is -2.56. The minimum absolute atomic E-state index is 0.0800. The van der Waals surface area contributed by atoms with Crippen molar-refractivity contribution in [2.24, 2.45) is 0 Å². The largest absolute Gasteiger partial charge is 0.481 e. The zero-order valence-electron chi connectivity index (χ0n) is 10.9. The number of carbonyl (C=O) groups excluding carboxylic acids is 1. The molecule has 1 aromatic heterocycles. The molecule has 0 bridgehead atoms. The Morgan fingerprint density at radius 3 is 2.55 bits per heavy atom. The monoisotopic (exact) mass is 272 g/mol. The maximum absolute atomic E-state index is 11.8. The van der Waals surface area contributed by atoms with Crippen molar-refractivity contribution in [3.05, 3.63) is 59.4 Å². The van der Waals surface area contributed by atoms with Crippen LogP contribution in [0.4, 0.5) is 0 Å². The van der Waals surface area contributed by atoms with E-state index in [-0.39, 0.29) is 18.9 Å². The number of hydrogen-bond acceptors (Lipinski definition) is 2. The third-order valence-electron chi connectivity index (χ3n) is 2.85. The van der Waals surface area contributed by atoms with Gasteiger partial charge in [-0.3, -0.25) is 9.59 Å². The average molecular weight is 272 g/mol. The lowest BCUT2D eigenvalue weighted by Crippen LogP contribution is -2.26. The van der Waals surface area contributed by atoms with Crippen molar-refractivity contribution in [2.75, 3.05) is 6.54 Å². The molecular weight excluding hydrogens is 256 g/mol. The van der Waals surface area contributed by atoms with Gasteiger partial charge in [-0.15, -0.1) is 0 Å². The van der Waals surface area contributed by atoms with Crippen molar-refractivity contribution in [3.8, 4) is 0 Å². The van der Waals surface area contributed by atoms with Crippen LogP contribution >= 0.6 is 0 Å². The van der Waals surface area contributed by atoms with E-state index in [0.717, 1.165) is 17.7 Å². The molecule has 2 aromatic rings. The standard InChI is InChI=1S/C15H16N2O3/c18-14(19)8-9-16-15(20)13-7-6-12(17-13)10-11-4-2-1-3-5-11/h1-7,17H,8-10H2,(H,16,20)(H,18,19). The van der Waals surface area contributed by atoms with Crippen LogP contribution in [-0.4, -0.2) is 28.5 Å². The summed E-state index contributed by atoms with van der Waals surface area (Å²) in [5.74, 6) is -1.22. The minimum Gasteiger partial charge on any atom is -0.481 e. The molecule has 0 aliphatic carbocycles. The highest BCUT2D eigenvalue weighted by atomic mass is 16.4. The molecule has 3 N–H and O–H groups in total. The Balaban J connectivity index is 1.91. The van der Waals surface area contributed by atoms with Crippen molar-refractivity contribution in [2.45, 2.75) is 12.8 Å². The van der Waals surface area contributed by atoms with E-state index in [1.165, 1.54) is 0 Å². The van der Waals surface area contributed by atoms with Crippen molar-refractivity contribution in [3.63, 3.8) is 0 Å². The zero-order valence-corrected chi connectivity index (χ0v) is 10.9. The Kier molecular flexibility index (Phi) is 4.55. The summed E-state index contributed by atoms with van der Waals surface area (Å²) in [5, 5.41) is 11.1. The van der Waals surface area contributed by atoms with E-state index >= 15 is 0 Å². The summed E-state index contributed by atoms with van der Waals surface area (Å²) in [6.07, 6.45) is 0.645. The highest BCUT2D eigenvalue weighted by Crippen LogP contribution is 2.09. The second kappa shape index (κ2) is 6.56. The first-order chi connectivity index (χ1) is 9.65. The third kappa shape index (κ3) is 3.98. The van der Waals surface area contributed by atoms with Crippen molar-refractivity contribution in [1.82, 2.24) is 10.3 Å². The second-order valence-electron chi connectivity index (χ2n) is 4.46. The summed E-state index contributed by atoms with van der Waals surface area (Å²) in [6.45, 7) is 0.126. The number of carbonyl (C=O) groups is 2. The van der Waals surface area contributed by atoms with Gasteiger partial charge >= 0.3 is 5.97 Å². The van der Waals surface area contributed by atoms with Gasteiger partial charge < -0.3 is 15.4 Å². The molecule has 2 rings (SSSR count). The fraction of sp³-hybridized carbons (Fsp3) is 0.200. The number of H-pyrrole nitrogens is 1. The van der Waals surface area contributed by atoms with Crippen LogP contribution in [-0.2, 0) is 11.2 Å². The number of aliphatic carboxylic acids is 1. The number of hydrogen-bond donors (Lipinski definition) is 3. The van der Waals surface area contributed by atoms with Crippen LogP contribution in [0.5, 0.6) is 0 Å². The Labute approximate surface area is 116 Å². The van der Waals surface area contributed by atoms with Crippen LogP contribution in [0.2, 0.25) is 0 Å². The lowest BCUT2D eigenvalue weighted by atomic mass is 10.1. The van der Waals surface area contributed by atoms with E-state index in [4.69, 9.17) is 5.11 Å². The number of aromatic amines is 1. The Morgan fingerprint density at radius 1 is 1.10 bits per heavy atom. The number of benzene rings is 1. The first kappa shape index (κ1) is 13.9. The first-order valence-electron chi connectivity index (χ1n) is 6.37. The number of rotatable bonds is 6. The van der Waals surface area contributed by atoms with Crippen molar-refractivity contribution >= 4 is 11.9 Å². The van der Waals surface area contributed by atoms with E-state index in [1.807, 2.05) is 36.4 Å². The molecule has 0 unspecified atom stereocenters. The molecule has 5 heteroatoms. The molecule has 5 nitrogen and oxygen atoms in total. The topological polar surface area (TPSA) is 82.2 Å². The van der Waals surface area contributed by atoms with Crippen molar-refractivity contribution < 1.29 is 14.7 Å².